The van der Waals surface area contributed by atoms with Crippen molar-refractivity contribution in [3.63, 3.8) is 0 Å². The van der Waals surface area contributed by atoms with E-state index in [1.165, 1.54) is 18.2 Å². The number of hydrogen-bond donors (Lipinski definition) is 1. The molecule has 120 valence electrons. The lowest BCUT2D eigenvalue weighted by Gasteiger charge is -2.15. The van der Waals surface area contributed by atoms with Gasteiger partial charge in [0.2, 0.25) is 15.9 Å². The van der Waals surface area contributed by atoms with Crippen molar-refractivity contribution in [2.75, 3.05) is 19.3 Å². The summed E-state index contributed by atoms with van der Waals surface area (Å²) >= 11 is 0. The monoisotopic (exact) mass is 326 g/mol. The SMILES string of the molecule is C/C(=C/C(=O)N1CC[C@@H](NS(C)(=O)=O)C1)c1cccc(F)c1. The molecule has 1 fully saturated rings. The van der Waals surface area contributed by atoms with Crippen LogP contribution < -0.4 is 4.72 Å². The van der Waals surface area contributed by atoms with Crippen LogP contribution in [0.4, 0.5) is 4.39 Å². The molecule has 1 N–H and O–H groups in total. The third-order valence-electron chi connectivity index (χ3n) is 3.50. The van der Waals surface area contributed by atoms with Crippen molar-refractivity contribution in [1.82, 2.24) is 9.62 Å². The summed E-state index contributed by atoms with van der Waals surface area (Å²) in [5.41, 5.74) is 1.32. The van der Waals surface area contributed by atoms with Crippen molar-refractivity contribution in [3.05, 3.63) is 41.7 Å². The van der Waals surface area contributed by atoms with Gasteiger partial charge in [0.15, 0.2) is 0 Å². The minimum atomic E-state index is -3.27. The Morgan fingerprint density at radius 1 is 1.45 bits per heavy atom. The highest BCUT2D eigenvalue weighted by molar-refractivity contribution is 7.88. The van der Waals surface area contributed by atoms with Gasteiger partial charge in [-0.05, 0) is 36.6 Å². The zero-order valence-corrected chi connectivity index (χ0v) is 13.4. The van der Waals surface area contributed by atoms with Crippen LogP contribution in [-0.2, 0) is 14.8 Å². The fourth-order valence-corrected chi connectivity index (χ4v) is 3.25. The Labute approximate surface area is 129 Å². The van der Waals surface area contributed by atoms with Gasteiger partial charge in [-0.1, -0.05) is 12.1 Å². The molecule has 0 aliphatic carbocycles. The Morgan fingerprint density at radius 2 is 2.18 bits per heavy atom. The van der Waals surface area contributed by atoms with Crippen molar-refractivity contribution in [1.29, 1.82) is 0 Å². The van der Waals surface area contributed by atoms with Gasteiger partial charge >= 0.3 is 0 Å². The molecule has 0 unspecified atom stereocenters. The van der Waals surface area contributed by atoms with E-state index >= 15 is 0 Å². The van der Waals surface area contributed by atoms with Crippen molar-refractivity contribution in [2.24, 2.45) is 0 Å². The first kappa shape index (κ1) is 16.6. The summed E-state index contributed by atoms with van der Waals surface area (Å²) in [6.07, 6.45) is 3.15. The maximum atomic E-state index is 13.2. The number of hydrogen-bond acceptors (Lipinski definition) is 3. The highest BCUT2D eigenvalue weighted by atomic mass is 32.2. The number of carbonyl (C=O) groups excluding carboxylic acids is 1. The molecule has 7 heteroatoms. The zero-order chi connectivity index (χ0) is 16.3. The molecule has 1 amide bonds. The first-order valence-electron chi connectivity index (χ1n) is 6.95. The number of amides is 1. The molecule has 1 atom stereocenters. The molecule has 1 aromatic rings. The molecule has 1 aliphatic rings. The number of carbonyl (C=O) groups is 1. The van der Waals surface area contributed by atoms with Crippen molar-refractivity contribution in [2.45, 2.75) is 19.4 Å². The Kier molecular flexibility index (Phi) is 4.97. The van der Waals surface area contributed by atoms with Crippen LogP contribution in [0.15, 0.2) is 30.3 Å². The molecule has 1 saturated heterocycles. The third-order valence-corrected chi connectivity index (χ3v) is 4.26. The highest BCUT2D eigenvalue weighted by Crippen LogP contribution is 2.17. The molecule has 0 saturated carbocycles. The first-order chi connectivity index (χ1) is 10.2. The second-order valence-electron chi connectivity index (χ2n) is 5.50. The minimum Gasteiger partial charge on any atom is -0.337 e. The minimum absolute atomic E-state index is 0.195. The second kappa shape index (κ2) is 6.58. The van der Waals surface area contributed by atoms with Gasteiger partial charge in [0.25, 0.3) is 0 Å². The van der Waals surface area contributed by atoms with E-state index in [0.717, 1.165) is 6.26 Å². The average molecular weight is 326 g/mol. The predicted octanol–water partition coefficient (Wildman–Crippen LogP) is 1.38. The Hall–Kier alpha value is -1.73. The van der Waals surface area contributed by atoms with Gasteiger partial charge in [-0.25, -0.2) is 17.5 Å². The summed E-state index contributed by atoms with van der Waals surface area (Å²) in [4.78, 5) is 13.8. The van der Waals surface area contributed by atoms with Crippen LogP contribution in [0.3, 0.4) is 0 Å². The van der Waals surface area contributed by atoms with Crippen LogP contribution >= 0.6 is 0 Å². The lowest BCUT2D eigenvalue weighted by atomic mass is 10.1. The summed E-state index contributed by atoms with van der Waals surface area (Å²) in [5.74, 6) is -0.546. The molecular formula is C15H19FN2O3S. The summed E-state index contributed by atoms with van der Waals surface area (Å²) in [7, 11) is -3.27. The summed E-state index contributed by atoms with van der Waals surface area (Å²) < 4.78 is 38.1. The van der Waals surface area contributed by atoms with Crippen LogP contribution in [0.5, 0.6) is 0 Å². The van der Waals surface area contributed by atoms with Crippen LogP contribution in [0.1, 0.15) is 18.9 Å². The van der Waals surface area contributed by atoms with Gasteiger partial charge in [-0.15, -0.1) is 0 Å². The Balaban J connectivity index is 2.02. The maximum Gasteiger partial charge on any atom is 0.246 e. The fraction of sp³-hybridized carbons (Fsp3) is 0.400. The Morgan fingerprint density at radius 3 is 2.82 bits per heavy atom. The van der Waals surface area contributed by atoms with E-state index in [9.17, 15) is 17.6 Å². The molecule has 1 aliphatic heterocycles. The third kappa shape index (κ3) is 4.64. The maximum absolute atomic E-state index is 13.2. The molecular weight excluding hydrogens is 307 g/mol. The van der Waals surface area contributed by atoms with E-state index in [4.69, 9.17) is 0 Å². The summed E-state index contributed by atoms with van der Waals surface area (Å²) in [6.45, 7) is 2.59. The summed E-state index contributed by atoms with van der Waals surface area (Å²) in [6, 6.07) is 5.80. The van der Waals surface area contributed by atoms with E-state index in [0.29, 0.717) is 30.6 Å². The smallest absolute Gasteiger partial charge is 0.246 e. The van der Waals surface area contributed by atoms with Gasteiger partial charge in [0, 0.05) is 25.2 Å². The number of sulfonamides is 1. The lowest BCUT2D eigenvalue weighted by molar-refractivity contribution is -0.125. The quantitative estimate of drug-likeness (QED) is 0.850. The van der Waals surface area contributed by atoms with E-state index in [2.05, 4.69) is 4.72 Å². The first-order valence-corrected chi connectivity index (χ1v) is 8.84. The second-order valence-corrected chi connectivity index (χ2v) is 7.28. The Bertz CT molecular complexity index is 700. The molecule has 1 aromatic carbocycles. The van der Waals surface area contributed by atoms with Crippen LogP contribution in [0.2, 0.25) is 0 Å². The molecule has 2 rings (SSSR count). The van der Waals surface area contributed by atoms with Crippen LogP contribution in [0, 0.1) is 5.82 Å². The van der Waals surface area contributed by atoms with Gasteiger partial charge in [0.1, 0.15) is 5.82 Å². The average Bonchev–Trinajstić information content (AvgIpc) is 2.85. The molecule has 0 bridgehead atoms. The number of halogens is 1. The van der Waals surface area contributed by atoms with Crippen LogP contribution in [0.25, 0.3) is 5.57 Å². The van der Waals surface area contributed by atoms with Gasteiger partial charge in [-0.2, -0.15) is 0 Å². The van der Waals surface area contributed by atoms with Crippen molar-refractivity contribution >= 4 is 21.5 Å². The van der Waals surface area contributed by atoms with E-state index < -0.39 is 10.0 Å². The molecule has 1 heterocycles. The van der Waals surface area contributed by atoms with Gasteiger partial charge in [-0.3, -0.25) is 4.79 Å². The van der Waals surface area contributed by atoms with Gasteiger partial charge in [0.05, 0.1) is 6.26 Å². The molecule has 22 heavy (non-hydrogen) atoms. The van der Waals surface area contributed by atoms with E-state index in [-0.39, 0.29) is 17.8 Å². The van der Waals surface area contributed by atoms with E-state index in [1.54, 1.807) is 24.0 Å². The van der Waals surface area contributed by atoms with E-state index in [1.807, 2.05) is 0 Å². The fourth-order valence-electron chi connectivity index (χ4n) is 2.45. The van der Waals surface area contributed by atoms with Gasteiger partial charge < -0.3 is 4.90 Å². The molecule has 0 aromatic heterocycles. The number of benzene rings is 1. The topological polar surface area (TPSA) is 66.5 Å². The van der Waals surface area contributed by atoms with Crippen molar-refractivity contribution in [3.8, 4) is 0 Å². The lowest BCUT2D eigenvalue weighted by Crippen LogP contribution is -2.37. The number of nitrogens with one attached hydrogen (secondary N) is 1. The number of likely N-dealkylation sites (tertiary alicyclic amines) is 1. The number of nitrogens with zero attached hydrogens (tertiary/aromatic N) is 1. The molecule has 0 spiro atoms. The van der Waals surface area contributed by atoms with Crippen LogP contribution in [-0.4, -0.2) is 44.6 Å². The number of rotatable bonds is 4. The zero-order valence-electron chi connectivity index (χ0n) is 12.5. The number of allylic oxidation sites excluding steroid dienone is 1. The van der Waals surface area contributed by atoms with Crippen molar-refractivity contribution < 1.29 is 17.6 Å². The molecule has 5 nitrogen and oxygen atoms in total. The largest absolute Gasteiger partial charge is 0.337 e. The normalized spacial score (nSPS) is 19.5. The molecule has 0 radical (unpaired) electrons. The standard InChI is InChI=1S/C15H19FN2O3S/c1-11(12-4-3-5-13(16)9-12)8-15(19)18-7-6-14(10-18)17-22(2,20)21/h3-5,8-9,14,17H,6-7,10H2,1-2H3/b11-8-/t14-/m1/s1. The predicted molar refractivity (Wildman–Crippen MR) is 83.0 cm³/mol. The summed E-state index contributed by atoms with van der Waals surface area (Å²) in [5, 5.41) is 0. The highest BCUT2D eigenvalue weighted by Gasteiger charge is 2.27.